The lowest BCUT2D eigenvalue weighted by atomic mass is 9.69. The Hall–Kier alpha value is -0.630. The van der Waals surface area contributed by atoms with Crippen LogP contribution in [0.15, 0.2) is 29.2 Å². The summed E-state index contributed by atoms with van der Waals surface area (Å²) in [5, 5.41) is 3.80. The molecule has 0 spiro atoms. The molecular weight excluding hydrogens is 250 g/mol. The molecule has 0 saturated heterocycles. The molecule has 1 aliphatic rings. The Balaban J connectivity index is 2.10. The summed E-state index contributed by atoms with van der Waals surface area (Å²) in [6, 6.07) is 9.44. The summed E-state index contributed by atoms with van der Waals surface area (Å²) >= 11 is 1.81. The largest absolute Gasteiger partial charge is 0.382 e. The van der Waals surface area contributed by atoms with Gasteiger partial charge in [0.25, 0.3) is 0 Å². The lowest BCUT2D eigenvalue weighted by Crippen LogP contribution is -2.39. The number of benzene rings is 1. The topological polar surface area (TPSA) is 12.0 Å². The van der Waals surface area contributed by atoms with Gasteiger partial charge < -0.3 is 5.32 Å². The zero-order valence-electron chi connectivity index (χ0n) is 12.7. The van der Waals surface area contributed by atoms with Gasteiger partial charge in [0, 0.05) is 16.6 Å². The number of rotatable bonds is 3. The van der Waals surface area contributed by atoms with Crippen LogP contribution in [0, 0.1) is 11.3 Å². The second-order valence-corrected chi connectivity index (χ2v) is 7.62. The summed E-state index contributed by atoms with van der Waals surface area (Å²) < 4.78 is 0. The molecule has 1 nitrogen and oxygen atoms in total. The van der Waals surface area contributed by atoms with Crippen LogP contribution in [-0.2, 0) is 0 Å². The van der Waals surface area contributed by atoms with Gasteiger partial charge in [-0.15, -0.1) is 11.8 Å². The predicted octanol–water partition coefficient (Wildman–Crippen LogP) is 5.43. The smallest absolute Gasteiger partial charge is 0.0353 e. The van der Waals surface area contributed by atoms with Crippen LogP contribution in [0.2, 0.25) is 0 Å². The minimum atomic E-state index is 0.398. The molecule has 19 heavy (non-hydrogen) atoms. The van der Waals surface area contributed by atoms with E-state index >= 15 is 0 Å². The molecular formula is C17H27NS. The van der Waals surface area contributed by atoms with Gasteiger partial charge in [0.1, 0.15) is 0 Å². The molecule has 1 aliphatic carbocycles. The summed E-state index contributed by atoms with van der Waals surface area (Å²) in [7, 11) is 0. The molecule has 2 atom stereocenters. The van der Waals surface area contributed by atoms with Gasteiger partial charge in [-0.2, -0.15) is 0 Å². The Kier molecular flexibility index (Phi) is 4.83. The van der Waals surface area contributed by atoms with E-state index in [-0.39, 0.29) is 0 Å². The lowest BCUT2D eigenvalue weighted by molar-refractivity contribution is 0.163. The molecule has 1 aromatic rings. The van der Waals surface area contributed by atoms with Crippen LogP contribution < -0.4 is 5.32 Å². The molecule has 0 bridgehead atoms. The Morgan fingerprint density at radius 1 is 1.16 bits per heavy atom. The molecule has 106 valence electrons. The van der Waals surface area contributed by atoms with Gasteiger partial charge >= 0.3 is 0 Å². The van der Waals surface area contributed by atoms with Gasteiger partial charge in [0.05, 0.1) is 0 Å². The van der Waals surface area contributed by atoms with Crippen molar-refractivity contribution in [2.45, 2.75) is 57.4 Å². The number of anilines is 1. The van der Waals surface area contributed by atoms with Crippen LogP contribution in [0.25, 0.3) is 0 Å². The molecule has 0 aliphatic heterocycles. The van der Waals surface area contributed by atoms with Gasteiger partial charge in [-0.1, -0.05) is 39.7 Å². The highest BCUT2D eigenvalue weighted by atomic mass is 32.2. The molecule has 1 saturated carbocycles. The first kappa shape index (κ1) is 14.8. The quantitative estimate of drug-likeness (QED) is 0.740. The monoisotopic (exact) mass is 277 g/mol. The van der Waals surface area contributed by atoms with Crippen LogP contribution in [0.5, 0.6) is 0 Å². The van der Waals surface area contributed by atoms with Crippen molar-refractivity contribution < 1.29 is 0 Å². The van der Waals surface area contributed by atoms with Crippen LogP contribution in [0.3, 0.4) is 0 Å². The molecule has 1 aromatic carbocycles. The molecule has 0 aromatic heterocycles. The summed E-state index contributed by atoms with van der Waals surface area (Å²) in [5.41, 5.74) is 1.68. The van der Waals surface area contributed by atoms with E-state index in [1.807, 2.05) is 11.8 Å². The number of hydrogen-bond acceptors (Lipinski definition) is 2. The Bertz CT molecular complexity index is 408. The molecule has 0 amide bonds. The standard InChI is InChI=1S/C17H27NS/c1-17(2,3)15-10-5-6-11-16(15)18-13-8-7-9-14(12-13)19-4/h7-9,12,15-16,18H,5-6,10-11H2,1-4H3. The Labute approximate surface area is 122 Å². The fourth-order valence-corrected chi connectivity index (χ4v) is 3.73. The van der Waals surface area contributed by atoms with Gasteiger partial charge in [0.2, 0.25) is 0 Å². The van der Waals surface area contributed by atoms with Gasteiger partial charge in [-0.3, -0.25) is 0 Å². The highest BCUT2D eigenvalue weighted by Gasteiger charge is 2.33. The van der Waals surface area contributed by atoms with Crippen molar-refractivity contribution in [2.24, 2.45) is 11.3 Å². The minimum Gasteiger partial charge on any atom is -0.382 e. The highest BCUT2D eigenvalue weighted by molar-refractivity contribution is 7.98. The second-order valence-electron chi connectivity index (χ2n) is 6.74. The average molecular weight is 277 g/mol. The number of nitrogens with one attached hydrogen (secondary N) is 1. The van der Waals surface area contributed by atoms with Crippen molar-refractivity contribution in [3.8, 4) is 0 Å². The molecule has 2 rings (SSSR count). The fraction of sp³-hybridized carbons (Fsp3) is 0.647. The molecule has 0 heterocycles. The maximum Gasteiger partial charge on any atom is 0.0353 e. The zero-order valence-corrected chi connectivity index (χ0v) is 13.5. The third kappa shape index (κ3) is 3.92. The summed E-state index contributed by atoms with van der Waals surface area (Å²) in [5.74, 6) is 0.777. The maximum absolute atomic E-state index is 3.80. The predicted molar refractivity (Wildman–Crippen MR) is 87.0 cm³/mol. The van der Waals surface area contributed by atoms with Crippen molar-refractivity contribution in [2.75, 3.05) is 11.6 Å². The first-order chi connectivity index (χ1) is 9.00. The molecule has 0 radical (unpaired) electrons. The molecule has 2 heteroatoms. The van der Waals surface area contributed by atoms with Crippen molar-refractivity contribution >= 4 is 17.4 Å². The highest BCUT2D eigenvalue weighted by Crippen LogP contribution is 2.39. The SMILES string of the molecule is CSc1cccc(NC2CCCCC2C(C)(C)C)c1. The lowest BCUT2D eigenvalue weighted by Gasteiger charge is -2.41. The normalized spacial score (nSPS) is 24.2. The van der Waals surface area contributed by atoms with Crippen molar-refractivity contribution in [3.63, 3.8) is 0 Å². The number of thioether (sulfide) groups is 1. The first-order valence-electron chi connectivity index (χ1n) is 7.41. The van der Waals surface area contributed by atoms with Crippen molar-refractivity contribution in [1.82, 2.24) is 0 Å². The molecule has 1 fully saturated rings. The van der Waals surface area contributed by atoms with E-state index in [4.69, 9.17) is 0 Å². The van der Waals surface area contributed by atoms with Crippen molar-refractivity contribution in [1.29, 1.82) is 0 Å². The third-order valence-corrected chi connectivity index (χ3v) is 5.03. The number of hydrogen-bond donors (Lipinski definition) is 1. The Morgan fingerprint density at radius 3 is 2.58 bits per heavy atom. The van der Waals surface area contributed by atoms with E-state index in [2.05, 4.69) is 56.6 Å². The summed E-state index contributed by atoms with van der Waals surface area (Å²) in [6.45, 7) is 7.15. The van der Waals surface area contributed by atoms with Crippen molar-refractivity contribution in [3.05, 3.63) is 24.3 Å². The fourth-order valence-electron chi connectivity index (χ4n) is 3.27. The van der Waals surface area contributed by atoms with Gasteiger partial charge in [-0.25, -0.2) is 0 Å². The van der Waals surface area contributed by atoms with E-state index in [1.54, 1.807) is 0 Å². The van der Waals surface area contributed by atoms with Crippen LogP contribution in [0.4, 0.5) is 5.69 Å². The molecule has 2 unspecified atom stereocenters. The zero-order chi connectivity index (χ0) is 13.9. The van der Waals surface area contributed by atoms with E-state index in [0.29, 0.717) is 11.5 Å². The van der Waals surface area contributed by atoms with Crippen LogP contribution >= 0.6 is 11.8 Å². The van der Waals surface area contributed by atoms with E-state index in [1.165, 1.54) is 36.3 Å². The Morgan fingerprint density at radius 2 is 1.89 bits per heavy atom. The third-order valence-electron chi connectivity index (χ3n) is 4.30. The first-order valence-corrected chi connectivity index (χ1v) is 8.64. The maximum atomic E-state index is 3.80. The van der Waals surface area contributed by atoms with E-state index < -0.39 is 0 Å². The second kappa shape index (κ2) is 6.21. The van der Waals surface area contributed by atoms with Gasteiger partial charge in [-0.05, 0) is 48.6 Å². The van der Waals surface area contributed by atoms with Gasteiger partial charge in [0.15, 0.2) is 0 Å². The van der Waals surface area contributed by atoms with E-state index in [0.717, 1.165) is 5.92 Å². The van der Waals surface area contributed by atoms with Crippen LogP contribution in [-0.4, -0.2) is 12.3 Å². The molecule has 1 N–H and O–H groups in total. The van der Waals surface area contributed by atoms with E-state index in [9.17, 15) is 0 Å². The van der Waals surface area contributed by atoms with Crippen LogP contribution in [0.1, 0.15) is 46.5 Å². The minimum absolute atomic E-state index is 0.398. The summed E-state index contributed by atoms with van der Waals surface area (Å²) in [4.78, 5) is 1.34. The summed E-state index contributed by atoms with van der Waals surface area (Å²) in [6.07, 6.45) is 7.57. The average Bonchev–Trinajstić information content (AvgIpc) is 2.38.